The Balaban J connectivity index is 3.72. The van der Waals surface area contributed by atoms with Gasteiger partial charge in [0.2, 0.25) is 0 Å². The summed E-state index contributed by atoms with van der Waals surface area (Å²) in [5.74, 6) is 0.695. The first-order valence-electron chi connectivity index (χ1n) is 3.32. The summed E-state index contributed by atoms with van der Waals surface area (Å²) < 4.78 is 0. The fourth-order valence-corrected chi connectivity index (χ4v) is 0.558. The summed E-state index contributed by atoms with van der Waals surface area (Å²) in [6, 6.07) is 0. The van der Waals surface area contributed by atoms with Crippen molar-refractivity contribution >= 4 is 5.78 Å². The lowest BCUT2D eigenvalue weighted by molar-refractivity contribution is -0.122. The molecular weight excluding hydrogens is 114 g/mol. The van der Waals surface area contributed by atoms with E-state index in [1.54, 1.807) is 0 Å². The highest BCUT2D eigenvalue weighted by atomic mass is 16.1. The second-order valence-electron chi connectivity index (χ2n) is 2.70. The van der Waals surface area contributed by atoms with Crippen molar-refractivity contribution in [3.63, 3.8) is 0 Å². The summed E-state index contributed by atoms with van der Waals surface area (Å²) in [6.07, 6.45) is 0. The highest BCUT2D eigenvalue weighted by Gasteiger charge is 2.13. The van der Waals surface area contributed by atoms with E-state index >= 15 is 0 Å². The Bertz CT molecular complexity index is 99.1. The van der Waals surface area contributed by atoms with Crippen molar-refractivity contribution in [3.05, 3.63) is 0 Å². The molecule has 0 aromatic rings. The smallest absolute Gasteiger partial charge is 0.149 e. The monoisotopic (exact) mass is 129 g/mol. The van der Waals surface area contributed by atoms with Crippen molar-refractivity contribution in [1.29, 1.82) is 0 Å². The zero-order valence-corrected chi connectivity index (χ0v) is 6.35. The summed E-state index contributed by atoms with van der Waals surface area (Å²) in [4.78, 5) is 10.8. The van der Waals surface area contributed by atoms with Gasteiger partial charge in [-0.3, -0.25) is 4.79 Å². The molecule has 9 heavy (non-hydrogen) atoms. The zero-order valence-electron chi connectivity index (χ0n) is 6.35. The number of carbonyl (C=O) groups excluding carboxylic acids is 1. The zero-order chi connectivity index (χ0) is 7.44. The number of carbonyl (C=O) groups is 1. The van der Waals surface area contributed by atoms with Crippen molar-refractivity contribution in [3.8, 4) is 0 Å². The Morgan fingerprint density at radius 1 is 1.44 bits per heavy atom. The third-order valence-corrected chi connectivity index (χ3v) is 1.71. The molecule has 0 aromatic carbocycles. The van der Waals surface area contributed by atoms with Gasteiger partial charge < -0.3 is 5.73 Å². The van der Waals surface area contributed by atoms with Crippen LogP contribution in [0.5, 0.6) is 0 Å². The average molecular weight is 129 g/mol. The number of ketones is 1. The lowest BCUT2D eigenvalue weighted by Crippen LogP contribution is -2.24. The van der Waals surface area contributed by atoms with Crippen molar-refractivity contribution in [2.75, 3.05) is 6.54 Å². The predicted octanol–water partition coefficient (Wildman–Crippen LogP) is 0.806. The summed E-state index contributed by atoms with van der Waals surface area (Å²) in [7, 11) is 0. The van der Waals surface area contributed by atoms with Crippen molar-refractivity contribution < 1.29 is 4.79 Å². The molecule has 0 amide bonds. The number of hydrogen-bond donors (Lipinski definition) is 1. The molecule has 2 heteroatoms. The molecule has 0 aliphatic carbocycles. The molecule has 0 saturated heterocycles. The van der Waals surface area contributed by atoms with Gasteiger partial charge in [-0.25, -0.2) is 0 Å². The maximum absolute atomic E-state index is 10.8. The summed E-state index contributed by atoms with van der Waals surface area (Å²) in [5, 5.41) is 0. The maximum Gasteiger partial charge on any atom is 0.149 e. The molecule has 0 aliphatic rings. The minimum atomic E-state index is 0.120. The van der Waals surface area contributed by atoms with Crippen molar-refractivity contribution in [2.45, 2.75) is 20.8 Å². The molecule has 0 unspecified atom stereocenters. The van der Waals surface area contributed by atoms with Crippen molar-refractivity contribution in [1.82, 2.24) is 0 Å². The molecule has 0 radical (unpaired) electrons. The molecule has 0 rings (SSSR count). The predicted molar refractivity (Wildman–Crippen MR) is 38.1 cm³/mol. The van der Waals surface area contributed by atoms with Gasteiger partial charge in [0, 0.05) is 5.92 Å². The molecule has 0 spiro atoms. The first-order valence-corrected chi connectivity index (χ1v) is 3.32. The molecule has 54 valence electrons. The van der Waals surface area contributed by atoms with Crippen LogP contribution in [0.2, 0.25) is 0 Å². The number of Topliss-reactive ketones (excluding diaryl/α,β-unsaturated/α-hetero) is 1. The normalized spacial score (nSPS) is 13.9. The van der Waals surface area contributed by atoms with Crippen LogP contribution in [0.3, 0.4) is 0 Å². The van der Waals surface area contributed by atoms with Gasteiger partial charge in [-0.2, -0.15) is 0 Å². The van der Waals surface area contributed by atoms with Crippen LogP contribution in [0, 0.1) is 11.8 Å². The first kappa shape index (κ1) is 8.63. The molecule has 0 aliphatic heterocycles. The minimum absolute atomic E-state index is 0.120. The Labute approximate surface area is 56.4 Å². The first-order chi connectivity index (χ1) is 4.09. The Hall–Kier alpha value is -0.370. The summed E-state index contributed by atoms with van der Waals surface area (Å²) in [6.45, 7) is 6.15. The van der Waals surface area contributed by atoms with E-state index in [-0.39, 0.29) is 18.2 Å². The van der Waals surface area contributed by atoms with E-state index in [0.29, 0.717) is 5.92 Å². The average Bonchev–Trinajstić information content (AvgIpc) is 1.84. The molecule has 1 atom stereocenters. The highest BCUT2D eigenvalue weighted by molar-refractivity contribution is 5.82. The Kier molecular flexibility index (Phi) is 3.47. The molecule has 0 fully saturated rings. The molecule has 0 bridgehead atoms. The largest absolute Gasteiger partial charge is 0.324 e. The quantitative estimate of drug-likeness (QED) is 0.612. The molecule has 2 N–H and O–H groups in total. The lowest BCUT2D eigenvalue weighted by Gasteiger charge is -2.11. The van der Waals surface area contributed by atoms with E-state index in [1.807, 2.05) is 20.8 Å². The molecule has 0 heterocycles. The van der Waals surface area contributed by atoms with Gasteiger partial charge in [0.05, 0.1) is 6.54 Å². The standard InChI is InChI=1S/C7H15NO/c1-5(2)6(3)7(9)4-8/h5-6H,4,8H2,1-3H3/t6-/m0/s1. The van der Waals surface area contributed by atoms with Crippen LogP contribution in [0.1, 0.15) is 20.8 Å². The van der Waals surface area contributed by atoms with Crippen LogP contribution >= 0.6 is 0 Å². The van der Waals surface area contributed by atoms with Crippen molar-refractivity contribution in [2.24, 2.45) is 17.6 Å². The topological polar surface area (TPSA) is 43.1 Å². The van der Waals surface area contributed by atoms with E-state index in [0.717, 1.165) is 0 Å². The van der Waals surface area contributed by atoms with E-state index in [9.17, 15) is 4.79 Å². The molecule has 0 aromatic heterocycles. The van der Waals surface area contributed by atoms with E-state index in [1.165, 1.54) is 0 Å². The molecular formula is C7H15NO. The number of hydrogen-bond acceptors (Lipinski definition) is 2. The van der Waals surface area contributed by atoms with Crippen LogP contribution in [-0.2, 0) is 4.79 Å². The van der Waals surface area contributed by atoms with E-state index < -0.39 is 0 Å². The fraction of sp³-hybridized carbons (Fsp3) is 0.857. The second kappa shape index (κ2) is 3.62. The van der Waals surface area contributed by atoms with Gasteiger partial charge in [0.15, 0.2) is 0 Å². The van der Waals surface area contributed by atoms with Crippen LogP contribution in [0.25, 0.3) is 0 Å². The maximum atomic E-state index is 10.8. The highest BCUT2D eigenvalue weighted by Crippen LogP contribution is 2.09. The van der Waals surface area contributed by atoms with Crippen LogP contribution in [-0.4, -0.2) is 12.3 Å². The van der Waals surface area contributed by atoms with Gasteiger partial charge in [-0.05, 0) is 5.92 Å². The summed E-state index contributed by atoms with van der Waals surface area (Å²) in [5.41, 5.74) is 5.16. The minimum Gasteiger partial charge on any atom is -0.324 e. The third-order valence-electron chi connectivity index (χ3n) is 1.71. The van der Waals surface area contributed by atoms with Gasteiger partial charge in [-0.1, -0.05) is 20.8 Å². The Morgan fingerprint density at radius 3 is 2.00 bits per heavy atom. The van der Waals surface area contributed by atoms with Gasteiger partial charge >= 0.3 is 0 Å². The van der Waals surface area contributed by atoms with Gasteiger partial charge in [-0.15, -0.1) is 0 Å². The van der Waals surface area contributed by atoms with Crippen LogP contribution in [0.15, 0.2) is 0 Å². The summed E-state index contributed by atoms with van der Waals surface area (Å²) >= 11 is 0. The van der Waals surface area contributed by atoms with Gasteiger partial charge in [0.1, 0.15) is 5.78 Å². The molecule has 0 saturated carbocycles. The number of rotatable bonds is 3. The van der Waals surface area contributed by atoms with E-state index in [2.05, 4.69) is 0 Å². The second-order valence-corrected chi connectivity index (χ2v) is 2.70. The van der Waals surface area contributed by atoms with Crippen LogP contribution < -0.4 is 5.73 Å². The number of nitrogens with two attached hydrogens (primary N) is 1. The Morgan fingerprint density at radius 2 is 1.89 bits per heavy atom. The molecule has 2 nitrogen and oxygen atoms in total. The third kappa shape index (κ3) is 2.61. The van der Waals surface area contributed by atoms with Crippen LogP contribution in [0.4, 0.5) is 0 Å². The van der Waals surface area contributed by atoms with Gasteiger partial charge in [0.25, 0.3) is 0 Å². The SMILES string of the molecule is CC(C)[C@H](C)C(=O)CN. The fourth-order valence-electron chi connectivity index (χ4n) is 0.558. The lowest BCUT2D eigenvalue weighted by atomic mass is 9.94. The van der Waals surface area contributed by atoms with E-state index in [4.69, 9.17) is 5.73 Å².